The summed E-state index contributed by atoms with van der Waals surface area (Å²) < 4.78 is 3.95. The van der Waals surface area contributed by atoms with Crippen LogP contribution < -0.4 is 0 Å². The number of hydrogen-bond donors (Lipinski definition) is 0. The third kappa shape index (κ3) is 5.71. The van der Waals surface area contributed by atoms with Gasteiger partial charge in [0.2, 0.25) is 0 Å². The SMILES string of the molecule is ClC(Cl)(Cl)[CH]COCc1ccccc1. The Morgan fingerprint density at radius 2 is 1.79 bits per heavy atom. The normalized spacial score (nSPS) is 11.6. The van der Waals surface area contributed by atoms with E-state index >= 15 is 0 Å². The van der Waals surface area contributed by atoms with Crippen molar-refractivity contribution in [2.75, 3.05) is 6.61 Å². The summed E-state index contributed by atoms with van der Waals surface area (Å²) in [5.41, 5.74) is 1.10. The molecule has 0 aliphatic carbocycles. The van der Waals surface area contributed by atoms with E-state index in [9.17, 15) is 0 Å². The monoisotopic (exact) mass is 251 g/mol. The second-order valence-corrected chi connectivity index (χ2v) is 5.12. The Morgan fingerprint density at radius 1 is 1.14 bits per heavy atom. The van der Waals surface area contributed by atoms with E-state index in [-0.39, 0.29) is 0 Å². The maximum Gasteiger partial charge on any atom is 0.196 e. The molecule has 1 aromatic rings. The molecule has 1 radical (unpaired) electrons. The summed E-state index contributed by atoms with van der Waals surface area (Å²) in [6.45, 7) is 0.851. The summed E-state index contributed by atoms with van der Waals surface area (Å²) in [7, 11) is 0. The lowest BCUT2D eigenvalue weighted by molar-refractivity contribution is 0.139. The van der Waals surface area contributed by atoms with Crippen LogP contribution in [0, 0.1) is 6.42 Å². The smallest absolute Gasteiger partial charge is 0.196 e. The lowest BCUT2D eigenvalue weighted by Gasteiger charge is -2.09. The molecule has 1 aromatic carbocycles. The highest BCUT2D eigenvalue weighted by Crippen LogP contribution is 2.28. The fraction of sp³-hybridized carbons (Fsp3) is 0.300. The van der Waals surface area contributed by atoms with Crippen molar-refractivity contribution >= 4 is 34.8 Å². The van der Waals surface area contributed by atoms with Crippen molar-refractivity contribution in [2.45, 2.75) is 10.4 Å². The lowest BCUT2D eigenvalue weighted by Crippen LogP contribution is -2.08. The molecular weight excluding hydrogens is 242 g/mol. The van der Waals surface area contributed by atoms with Crippen LogP contribution in [0.1, 0.15) is 5.56 Å². The highest BCUT2D eigenvalue weighted by atomic mass is 35.6. The van der Waals surface area contributed by atoms with E-state index in [0.717, 1.165) is 5.56 Å². The Bertz CT molecular complexity index is 256. The van der Waals surface area contributed by atoms with Crippen LogP contribution >= 0.6 is 34.8 Å². The van der Waals surface area contributed by atoms with Gasteiger partial charge < -0.3 is 4.74 Å². The van der Waals surface area contributed by atoms with Crippen LogP contribution in [0.15, 0.2) is 30.3 Å². The van der Waals surface area contributed by atoms with E-state index in [2.05, 4.69) is 0 Å². The summed E-state index contributed by atoms with van der Waals surface area (Å²) >= 11 is 16.5. The second kappa shape index (κ2) is 5.82. The second-order valence-electron chi connectivity index (χ2n) is 2.75. The van der Waals surface area contributed by atoms with Gasteiger partial charge >= 0.3 is 0 Å². The van der Waals surface area contributed by atoms with Crippen LogP contribution in [0.2, 0.25) is 0 Å². The Balaban J connectivity index is 2.17. The molecule has 0 heterocycles. The number of alkyl halides is 3. The predicted octanol–water partition coefficient (Wildman–Crippen LogP) is 3.78. The van der Waals surface area contributed by atoms with Gasteiger partial charge in [-0.25, -0.2) is 0 Å². The number of hydrogen-bond acceptors (Lipinski definition) is 1. The largest absolute Gasteiger partial charge is 0.376 e. The molecule has 0 aliphatic rings. The summed E-state index contributed by atoms with van der Waals surface area (Å²) in [5, 5.41) is 0. The van der Waals surface area contributed by atoms with Gasteiger partial charge in [0.05, 0.1) is 13.2 Å². The zero-order valence-corrected chi connectivity index (χ0v) is 9.69. The summed E-state index contributed by atoms with van der Waals surface area (Å²) in [6, 6.07) is 9.83. The molecule has 14 heavy (non-hydrogen) atoms. The average molecular weight is 253 g/mol. The molecule has 0 amide bonds. The molecule has 0 N–H and O–H groups in total. The van der Waals surface area contributed by atoms with E-state index in [0.29, 0.717) is 13.2 Å². The fourth-order valence-corrected chi connectivity index (χ4v) is 1.09. The fourth-order valence-electron chi connectivity index (χ4n) is 0.904. The molecule has 1 rings (SSSR count). The maximum absolute atomic E-state index is 5.51. The van der Waals surface area contributed by atoms with Gasteiger partial charge in [0.25, 0.3) is 0 Å². The predicted molar refractivity (Wildman–Crippen MR) is 60.7 cm³/mol. The van der Waals surface area contributed by atoms with Gasteiger partial charge in [-0.3, -0.25) is 0 Å². The Hall–Kier alpha value is 0.0500. The van der Waals surface area contributed by atoms with Gasteiger partial charge in [-0.15, -0.1) is 0 Å². The molecule has 0 spiro atoms. The molecular formula is C10H10Cl3O. The molecule has 1 nitrogen and oxygen atoms in total. The van der Waals surface area contributed by atoms with Crippen molar-refractivity contribution in [3.8, 4) is 0 Å². The molecule has 0 bridgehead atoms. The van der Waals surface area contributed by atoms with E-state index in [1.54, 1.807) is 0 Å². The Labute approximate surface area is 98.9 Å². The van der Waals surface area contributed by atoms with Crippen molar-refractivity contribution in [3.63, 3.8) is 0 Å². The average Bonchev–Trinajstić information content (AvgIpc) is 2.13. The van der Waals surface area contributed by atoms with E-state index in [4.69, 9.17) is 39.5 Å². The summed E-state index contributed by atoms with van der Waals surface area (Å²) in [4.78, 5) is 0. The number of rotatable bonds is 4. The molecule has 0 unspecified atom stereocenters. The van der Waals surface area contributed by atoms with Gasteiger partial charge in [0.1, 0.15) is 0 Å². The summed E-state index contributed by atoms with van der Waals surface area (Å²) in [6.07, 6.45) is 1.49. The van der Waals surface area contributed by atoms with Crippen LogP contribution in [0.25, 0.3) is 0 Å². The highest BCUT2D eigenvalue weighted by Gasteiger charge is 2.19. The number of benzene rings is 1. The van der Waals surface area contributed by atoms with E-state index < -0.39 is 3.79 Å². The van der Waals surface area contributed by atoms with Crippen LogP contribution in [-0.2, 0) is 11.3 Å². The van der Waals surface area contributed by atoms with Crippen molar-refractivity contribution < 1.29 is 4.74 Å². The zero-order valence-electron chi connectivity index (χ0n) is 7.42. The molecule has 0 saturated heterocycles. The minimum Gasteiger partial charge on any atom is -0.376 e. The Kier molecular flexibility index (Phi) is 5.04. The molecule has 0 saturated carbocycles. The first-order valence-electron chi connectivity index (χ1n) is 4.11. The number of ether oxygens (including phenoxy) is 1. The first-order valence-corrected chi connectivity index (χ1v) is 5.24. The van der Waals surface area contributed by atoms with Gasteiger partial charge in [-0.2, -0.15) is 0 Å². The number of halogens is 3. The maximum atomic E-state index is 5.51. The molecule has 77 valence electrons. The minimum absolute atomic E-state index is 0.325. The highest BCUT2D eigenvalue weighted by molar-refractivity contribution is 6.68. The van der Waals surface area contributed by atoms with Crippen molar-refractivity contribution in [2.24, 2.45) is 0 Å². The zero-order chi connectivity index (χ0) is 10.4. The van der Waals surface area contributed by atoms with Crippen molar-refractivity contribution in [1.29, 1.82) is 0 Å². The molecule has 0 fully saturated rings. The minimum atomic E-state index is -1.34. The van der Waals surface area contributed by atoms with Crippen LogP contribution in [0.5, 0.6) is 0 Å². The quantitative estimate of drug-likeness (QED) is 0.585. The van der Waals surface area contributed by atoms with Crippen molar-refractivity contribution in [1.82, 2.24) is 0 Å². The first-order chi connectivity index (χ1) is 6.58. The third-order valence-corrected chi connectivity index (χ3v) is 2.01. The molecule has 0 aliphatic heterocycles. The molecule has 4 heteroatoms. The van der Waals surface area contributed by atoms with Gasteiger partial charge in [0.15, 0.2) is 3.79 Å². The third-order valence-electron chi connectivity index (χ3n) is 1.54. The standard InChI is InChI=1S/C10H10Cl3O/c11-10(12,13)6-7-14-8-9-4-2-1-3-5-9/h1-6H,7-8H2. The van der Waals surface area contributed by atoms with Crippen LogP contribution in [0.4, 0.5) is 0 Å². The van der Waals surface area contributed by atoms with E-state index in [1.165, 1.54) is 6.42 Å². The lowest BCUT2D eigenvalue weighted by atomic mass is 10.2. The summed E-state index contributed by atoms with van der Waals surface area (Å²) in [5.74, 6) is 0. The van der Waals surface area contributed by atoms with Crippen LogP contribution in [0.3, 0.4) is 0 Å². The molecule has 0 aromatic heterocycles. The topological polar surface area (TPSA) is 9.23 Å². The first kappa shape index (κ1) is 12.1. The van der Waals surface area contributed by atoms with Gasteiger partial charge in [-0.1, -0.05) is 65.1 Å². The van der Waals surface area contributed by atoms with Gasteiger partial charge in [-0.05, 0) is 5.56 Å². The Morgan fingerprint density at radius 3 is 2.36 bits per heavy atom. The molecule has 0 atom stereocenters. The van der Waals surface area contributed by atoms with E-state index in [1.807, 2.05) is 30.3 Å². The van der Waals surface area contributed by atoms with Gasteiger partial charge in [0, 0.05) is 6.42 Å². The van der Waals surface area contributed by atoms with Crippen molar-refractivity contribution in [3.05, 3.63) is 42.3 Å². The van der Waals surface area contributed by atoms with Crippen LogP contribution in [-0.4, -0.2) is 10.4 Å².